The van der Waals surface area contributed by atoms with E-state index in [4.69, 9.17) is 9.47 Å². The van der Waals surface area contributed by atoms with Crippen LogP contribution in [0.25, 0.3) is 0 Å². The van der Waals surface area contributed by atoms with Crippen molar-refractivity contribution in [3.05, 3.63) is 0 Å². The molecule has 6 nitrogen and oxygen atoms in total. The van der Waals surface area contributed by atoms with E-state index < -0.39 is 11.2 Å². The van der Waals surface area contributed by atoms with Gasteiger partial charge in [-0.15, -0.1) is 0 Å². The van der Waals surface area contributed by atoms with Gasteiger partial charge in [0.1, 0.15) is 17.0 Å². The second kappa shape index (κ2) is 17.0. The molecule has 2 aliphatic carbocycles. The fraction of sp³-hybridized carbons (Fsp3) is 0.893. The van der Waals surface area contributed by atoms with E-state index in [0.29, 0.717) is 12.3 Å². The molecule has 214 valence electrons. The second-order valence-corrected chi connectivity index (χ2v) is 12.4. The number of ketones is 1. The Morgan fingerprint density at radius 1 is 0.750 bits per heavy atom. The lowest BCUT2D eigenvalue weighted by atomic mass is 9.89. The van der Waals surface area contributed by atoms with Crippen molar-refractivity contribution < 1.29 is 29.0 Å². The zero-order chi connectivity index (χ0) is 26.1. The normalized spacial score (nSPS) is 19.0. The van der Waals surface area contributed by atoms with Gasteiger partial charge in [-0.25, -0.2) is 0 Å². The van der Waals surface area contributed by atoms with Crippen molar-refractivity contribution in [3.8, 4) is 0 Å². The molecule has 2 fully saturated rings. The third kappa shape index (κ3) is 15.5. The first-order chi connectivity index (χ1) is 15.6. The molecule has 0 saturated heterocycles. The molecule has 0 aromatic carbocycles. The quantitative estimate of drug-likeness (QED) is 0.360. The molecule has 2 aliphatic rings. The van der Waals surface area contributed by atoms with Crippen LogP contribution in [0.2, 0.25) is 0 Å². The number of hydrogen-bond donors (Lipinski definition) is 1. The maximum atomic E-state index is 12.0. The first-order valence-electron chi connectivity index (χ1n) is 13.2. The first kappa shape index (κ1) is 37.4. The van der Waals surface area contributed by atoms with Gasteiger partial charge in [0.2, 0.25) is 0 Å². The van der Waals surface area contributed by atoms with Gasteiger partial charge in [0.15, 0.2) is 0 Å². The standard InChI is InChI=1S/C14H26O3.C14H24O3.2H2S/c2*1-10(9-12(15)17-14(2,3)4)13(16)11-7-5-6-8-11;;/h10-11,13,16H,5-9H2,1-4H3;10-11H,5-9H2,1-4H3;2*1H2/t10-,13+;10-;;/m00../s1. The SMILES string of the molecule is C[C@@H](CC(=O)OC(C)(C)C)C(=O)C1CCCC1.C[C@@H](CC(=O)OC(C)(C)C)[C@@H](O)C1CCCC1.S.S. The van der Waals surface area contributed by atoms with Crippen LogP contribution >= 0.6 is 27.0 Å². The average Bonchev–Trinajstić information content (AvgIpc) is 3.38. The maximum Gasteiger partial charge on any atom is 0.307 e. The number of hydrogen-bond acceptors (Lipinski definition) is 6. The molecule has 2 rings (SSSR count). The van der Waals surface area contributed by atoms with Crippen molar-refractivity contribution in [2.75, 3.05) is 0 Å². The fourth-order valence-electron chi connectivity index (χ4n) is 4.88. The van der Waals surface area contributed by atoms with Gasteiger partial charge in [-0.05, 0) is 79.1 Å². The molecule has 2 saturated carbocycles. The Kier molecular flexibility index (Phi) is 17.6. The molecule has 0 amide bonds. The van der Waals surface area contributed by atoms with Crippen molar-refractivity contribution in [2.45, 2.75) is 137 Å². The lowest BCUT2D eigenvalue weighted by Gasteiger charge is -2.25. The molecule has 8 heteroatoms. The Hall–Kier alpha value is -0.730. The molecule has 0 bridgehead atoms. The maximum absolute atomic E-state index is 12.0. The monoisotopic (exact) mass is 550 g/mol. The number of Topliss-reactive ketones (excluding diaryl/α,β-unsaturated/α-hetero) is 1. The van der Waals surface area contributed by atoms with Gasteiger partial charge in [-0.1, -0.05) is 39.5 Å². The number of aliphatic hydroxyl groups excluding tert-OH is 1. The van der Waals surface area contributed by atoms with Crippen LogP contribution in [-0.2, 0) is 23.9 Å². The van der Waals surface area contributed by atoms with Crippen molar-refractivity contribution in [1.82, 2.24) is 0 Å². The number of carbonyl (C=O) groups excluding carboxylic acids is 3. The third-order valence-corrected chi connectivity index (χ3v) is 6.51. The first-order valence-corrected chi connectivity index (χ1v) is 13.2. The molecule has 0 heterocycles. The zero-order valence-electron chi connectivity index (χ0n) is 23.9. The lowest BCUT2D eigenvalue weighted by molar-refractivity contribution is -0.158. The van der Waals surface area contributed by atoms with Crippen LogP contribution in [0.15, 0.2) is 0 Å². The molecule has 0 aromatic heterocycles. The summed E-state index contributed by atoms with van der Waals surface area (Å²) < 4.78 is 10.5. The van der Waals surface area contributed by atoms with E-state index in [1.54, 1.807) is 0 Å². The van der Waals surface area contributed by atoms with Crippen LogP contribution < -0.4 is 0 Å². The van der Waals surface area contributed by atoms with Crippen molar-refractivity contribution in [3.63, 3.8) is 0 Å². The van der Waals surface area contributed by atoms with Crippen molar-refractivity contribution in [2.24, 2.45) is 23.7 Å². The van der Waals surface area contributed by atoms with Crippen molar-refractivity contribution >= 4 is 44.7 Å². The van der Waals surface area contributed by atoms with Crippen LogP contribution in [0.1, 0.15) is 120 Å². The van der Waals surface area contributed by atoms with E-state index in [1.165, 1.54) is 12.8 Å². The molecular formula is C28H54O6S2. The predicted molar refractivity (Wildman–Crippen MR) is 155 cm³/mol. The minimum Gasteiger partial charge on any atom is -0.460 e. The largest absolute Gasteiger partial charge is 0.460 e. The number of rotatable bonds is 8. The van der Waals surface area contributed by atoms with Gasteiger partial charge < -0.3 is 14.6 Å². The van der Waals surface area contributed by atoms with Crippen LogP contribution in [-0.4, -0.2) is 40.1 Å². The van der Waals surface area contributed by atoms with Gasteiger partial charge in [-0.3, -0.25) is 14.4 Å². The van der Waals surface area contributed by atoms with Crippen LogP contribution in [0.3, 0.4) is 0 Å². The summed E-state index contributed by atoms with van der Waals surface area (Å²) in [4.78, 5) is 35.3. The molecule has 1 N–H and O–H groups in total. The summed E-state index contributed by atoms with van der Waals surface area (Å²) in [6.07, 6.45) is 9.08. The molecule has 36 heavy (non-hydrogen) atoms. The Bertz CT molecular complexity index is 656. The van der Waals surface area contributed by atoms with Gasteiger partial charge >= 0.3 is 11.9 Å². The fourth-order valence-corrected chi connectivity index (χ4v) is 4.88. The number of ether oxygens (including phenoxy) is 2. The summed E-state index contributed by atoms with van der Waals surface area (Å²) >= 11 is 0. The number of esters is 2. The van der Waals surface area contributed by atoms with Gasteiger partial charge in [0.05, 0.1) is 18.9 Å². The zero-order valence-corrected chi connectivity index (χ0v) is 25.9. The minimum atomic E-state index is -0.465. The number of aliphatic hydroxyl groups is 1. The molecule has 0 aliphatic heterocycles. The Morgan fingerprint density at radius 2 is 1.14 bits per heavy atom. The van der Waals surface area contributed by atoms with Crippen LogP contribution in [0.4, 0.5) is 0 Å². The smallest absolute Gasteiger partial charge is 0.307 e. The van der Waals surface area contributed by atoms with Crippen LogP contribution in [0.5, 0.6) is 0 Å². The molecule has 0 spiro atoms. The second-order valence-electron chi connectivity index (χ2n) is 12.4. The summed E-state index contributed by atoms with van der Waals surface area (Å²) in [5.74, 6) is 0.132. The van der Waals surface area contributed by atoms with Gasteiger partial charge in [0.25, 0.3) is 0 Å². The summed E-state index contributed by atoms with van der Waals surface area (Å²) in [5, 5.41) is 10.2. The highest BCUT2D eigenvalue weighted by atomic mass is 32.1. The Balaban J connectivity index is 0. The highest BCUT2D eigenvalue weighted by Gasteiger charge is 2.30. The summed E-state index contributed by atoms with van der Waals surface area (Å²) in [5.41, 5.74) is -0.900. The highest BCUT2D eigenvalue weighted by Crippen LogP contribution is 2.32. The van der Waals surface area contributed by atoms with E-state index in [-0.39, 0.29) is 75.0 Å². The molecule has 0 aromatic rings. The average molecular weight is 551 g/mol. The summed E-state index contributed by atoms with van der Waals surface area (Å²) in [6.45, 7) is 14.9. The predicted octanol–water partition coefficient (Wildman–Crippen LogP) is 6.24. The molecule has 0 unspecified atom stereocenters. The van der Waals surface area contributed by atoms with Crippen LogP contribution in [0, 0.1) is 23.7 Å². The molecule has 3 atom stereocenters. The Labute approximate surface area is 233 Å². The summed E-state index contributed by atoms with van der Waals surface area (Å²) in [6, 6.07) is 0. The van der Waals surface area contributed by atoms with E-state index in [1.807, 2.05) is 55.4 Å². The van der Waals surface area contributed by atoms with E-state index in [9.17, 15) is 19.5 Å². The van der Waals surface area contributed by atoms with Gasteiger partial charge in [0, 0.05) is 11.8 Å². The highest BCUT2D eigenvalue weighted by molar-refractivity contribution is 7.59. The lowest BCUT2D eigenvalue weighted by Crippen LogP contribution is -2.30. The third-order valence-electron chi connectivity index (χ3n) is 6.51. The molecule has 0 radical (unpaired) electrons. The number of carbonyl (C=O) groups is 3. The summed E-state index contributed by atoms with van der Waals surface area (Å²) in [7, 11) is 0. The van der Waals surface area contributed by atoms with Gasteiger partial charge in [-0.2, -0.15) is 27.0 Å². The van der Waals surface area contributed by atoms with Crippen molar-refractivity contribution in [1.29, 1.82) is 0 Å². The minimum absolute atomic E-state index is 0. The van der Waals surface area contributed by atoms with E-state index in [2.05, 4.69) is 0 Å². The van der Waals surface area contributed by atoms with E-state index in [0.717, 1.165) is 38.5 Å². The molecular weight excluding hydrogens is 496 g/mol. The topological polar surface area (TPSA) is 89.9 Å². The Morgan fingerprint density at radius 3 is 1.56 bits per heavy atom. The van der Waals surface area contributed by atoms with E-state index >= 15 is 0 Å².